The second kappa shape index (κ2) is 5.77. The van der Waals surface area contributed by atoms with Gasteiger partial charge >= 0.3 is 5.97 Å². The van der Waals surface area contributed by atoms with Gasteiger partial charge < -0.3 is 20.5 Å². The molecule has 0 aromatic heterocycles. The number of ether oxygens (including phenoxy) is 1. The van der Waals surface area contributed by atoms with Gasteiger partial charge in [0.15, 0.2) is 0 Å². The van der Waals surface area contributed by atoms with Crippen LogP contribution in [0.15, 0.2) is 18.2 Å². The molecule has 1 atom stereocenters. The van der Waals surface area contributed by atoms with Crippen LogP contribution in [0.3, 0.4) is 0 Å². The molecule has 1 amide bonds. The van der Waals surface area contributed by atoms with Gasteiger partial charge in [-0.25, -0.2) is 9.18 Å². The number of hydrogen-bond donors (Lipinski definition) is 3. The van der Waals surface area contributed by atoms with Crippen LogP contribution in [-0.2, 0) is 9.53 Å². The molecule has 7 heteroatoms. The summed E-state index contributed by atoms with van der Waals surface area (Å²) in [5, 5.41) is 14.4. The maximum atomic E-state index is 13.0. The highest BCUT2D eigenvalue weighted by molar-refractivity contribution is 6.02. The van der Waals surface area contributed by atoms with Gasteiger partial charge in [-0.1, -0.05) is 0 Å². The summed E-state index contributed by atoms with van der Waals surface area (Å²) in [7, 11) is 0. The van der Waals surface area contributed by atoms with Gasteiger partial charge in [-0.05, 0) is 18.2 Å². The van der Waals surface area contributed by atoms with E-state index in [0.29, 0.717) is 13.2 Å². The quantitative estimate of drug-likeness (QED) is 0.741. The zero-order chi connectivity index (χ0) is 13.8. The highest BCUT2D eigenvalue weighted by atomic mass is 19.1. The first-order chi connectivity index (χ1) is 9.08. The molecule has 0 bridgehead atoms. The topological polar surface area (TPSA) is 87.7 Å². The lowest BCUT2D eigenvalue weighted by molar-refractivity contribution is -0.120. The number of halogens is 1. The molecular weight excluding hydrogens is 255 g/mol. The molecule has 1 fully saturated rings. The third-order valence-electron chi connectivity index (χ3n) is 2.71. The van der Waals surface area contributed by atoms with Crippen molar-refractivity contribution in [1.82, 2.24) is 5.32 Å². The Morgan fingerprint density at radius 1 is 1.47 bits per heavy atom. The van der Waals surface area contributed by atoms with E-state index in [1.165, 1.54) is 6.07 Å². The van der Waals surface area contributed by atoms with Crippen LogP contribution in [0.25, 0.3) is 0 Å². The van der Waals surface area contributed by atoms with E-state index in [1.807, 2.05) is 0 Å². The summed E-state index contributed by atoms with van der Waals surface area (Å²) in [6.45, 7) is 1.30. The van der Waals surface area contributed by atoms with Crippen molar-refractivity contribution in [1.29, 1.82) is 0 Å². The van der Waals surface area contributed by atoms with E-state index in [9.17, 15) is 14.0 Å². The molecular formula is C12H13FN2O4. The lowest BCUT2D eigenvalue weighted by atomic mass is 10.1. The second-order valence-corrected chi connectivity index (χ2v) is 4.07. The van der Waals surface area contributed by atoms with Crippen molar-refractivity contribution in [3.05, 3.63) is 29.6 Å². The number of carbonyl (C=O) groups excluding carboxylic acids is 1. The Morgan fingerprint density at radius 3 is 2.89 bits per heavy atom. The summed E-state index contributed by atoms with van der Waals surface area (Å²) >= 11 is 0. The number of hydrogen-bond acceptors (Lipinski definition) is 4. The van der Waals surface area contributed by atoms with Crippen LogP contribution in [0, 0.1) is 5.82 Å². The van der Waals surface area contributed by atoms with E-state index < -0.39 is 23.7 Å². The zero-order valence-electron chi connectivity index (χ0n) is 9.98. The molecule has 0 radical (unpaired) electrons. The largest absolute Gasteiger partial charge is 0.478 e. The standard InChI is InChI=1S/C12H13FN2O4/c13-7-1-2-9(8(5-7)12(17)18)15-11(16)10-6-19-4-3-14-10/h1-2,5,10,14H,3-4,6H2,(H,15,16)(H,17,18). The normalized spacial score (nSPS) is 18.9. The molecule has 19 heavy (non-hydrogen) atoms. The van der Waals surface area contributed by atoms with Crippen LogP contribution < -0.4 is 10.6 Å². The van der Waals surface area contributed by atoms with Gasteiger partial charge in [0.05, 0.1) is 24.5 Å². The molecule has 1 saturated heterocycles. The molecule has 102 valence electrons. The van der Waals surface area contributed by atoms with Crippen molar-refractivity contribution < 1.29 is 23.8 Å². The molecule has 1 aromatic rings. The van der Waals surface area contributed by atoms with Crippen LogP contribution in [-0.4, -0.2) is 42.8 Å². The number of amides is 1. The maximum Gasteiger partial charge on any atom is 0.337 e. The Hall–Kier alpha value is -1.99. The van der Waals surface area contributed by atoms with Gasteiger partial charge in [-0.3, -0.25) is 4.79 Å². The summed E-state index contributed by atoms with van der Waals surface area (Å²) in [6.07, 6.45) is 0. The van der Waals surface area contributed by atoms with E-state index in [2.05, 4.69) is 10.6 Å². The Kier molecular flexibility index (Phi) is 4.08. The fourth-order valence-corrected chi connectivity index (χ4v) is 1.76. The summed E-state index contributed by atoms with van der Waals surface area (Å²) in [5.41, 5.74) is -0.226. The number of carboxylic acid groups (broad SMARTS) is 1. The number of aromatic carboxylic acids is 1. The molecule has 1 unspecified atom stereocenters. The van der Waals surface area contributed by atoms with E-state index >= 15 is 0 Å². The van der Waals surface area contributed by atoms with Crippen molar-refractivity contribution in [2.24, 2.45) is 0 Å². The van der Waals surface area contributed by atoms with E-state index in [4.69, 9.17) is 9.84 Å². The predicted octanol–water partition coefficient (Wildman–Crippen LogP) is 0.451. The first-order valence-electron chi connectivity index (χ1n) is 5.73. The Labute approximate surface area is 108 Å². The van der Waals surface area contributed by atoms with Crippen molar-refractivity contribution in [3.8, 4) is 0 Å². The third kappa shape index (κ3) is 3.27. The fraction of sp³-hybridized carbons (Fsp3) is 0.333. The average molecular weight is 268 g/mol. The number of morpholine rings is 1. The Balaban J connectivity index is 2.13. The van der Waals surface area contributed by atoms with Gasteiger partial charge in [0.25, 0.3) is 0 Å². The van der Waals surface area contributed by atoms with Crippen molar-refractivity contribution in [3.63, 3.8) is 0 Å². The lowest BCUT2D eigenvalue weighted by Crippen LogP contribution is -2.49. The monoisotopic (exact) mass is 268 g/mol. The number of nitrogens with one attached hydrogen (secondary N) is 2. The molecule has 1 aliphatic rings. The molecule has 1 aromatic carbocycles. The van der Waals surface area contributed by atoms with E-state index in [1.54, 1.807) is 0 Å². The van der Waals surface area contributed by atoms with E-state index in [0.717, 1.165) is 12.1 Å². The first kappa shape index (κ1) is 13.4. The predicted molar refractivity (Wildman–Crippen MR) is 64.6 cm³/mol. The number of rotatable bonds is 3. The summed E-state index contributed by atoms with van der Waals surface area (Å²) in [5.74, 6) is -2.38. The molecule has 6 nitrogen and oxygen atoms in total. The van der Waals surface area contributed by atoms with Crippen LogP contribution in [0.4, 0.5) is 10.1 Å². The molecule has 2 rings (SSSR count). The smallest absolute Gasteiger partial charge is 0.337 e. The highest BCUT2D eigenvalue weighted by Crippen LogP contribution is 2.17. The Morgan fingerprint density at radius 2 is 2.26 bits per heavy atom. The van der Waals surface area contributed by atoms with E-state index in [-0.39, 0.29) is 17.9 Å². The molecule has 0 spiro atoms. The summed E-state index contributed by atoms with van der Waals surface area (Å²) < 4.78 is 18.1. The minimum Gasteiger partial charge on any atom is -0.478 e. The summed E-state index contributed by atoms with van der Waals surface area (Å²) in [4.78, 5) is 22.9. The minimum atomic E-state index is -1.30. The van der Waals surface area contributed by atoms with Gasteiger partial charge in [0.2, 0.25) is 5.91 Å². The van der Waals surface area contributed by atoms with Gasteiger partial charge in [0.1, 0.15) is 11.9 Å². The maximum absolute atomic E-state index is 13.0. The van der Waals surface area contributed by atoms with Gasteiger partial charge in [0, 0.05) is 6.54 Å². The number of carbonyl (C=O) groups is 2. The number of anilines is 1. The number of carboxylic acids is 1. The van der Waals surface area contributed by atoms with Crippen LogP contribution in [0.1, 0.15) is 10.4 Å². The van der Waals surface area contributed by atoms with Crippen LogP contribution in [0.5, 0.6) is 0 Å². The minimum absolute atomic E-state index is 0.0614. The molecule has 3 N–H and O–H groups in total. The molecule has 1 aliphatic heterocycles. The summed E-state index contributed by atoms with van der Waals surface area (Å²) in [6, 6.07) is 2.64. The van der Waals surface area contributed by atoms with Crippen LogP contribution >= 0.6 is 0 Å². The molecule has 0 saturated carbocycles. The molecule has 0 aliphatic carbocycles. The first-order valence-corrected chi connectivity index (χ1v) is 5.73. The zero-order valence-corrected chi connectivity index (χ0v) is 9.98. The Bertz CT molecular complexity index is 501. The van der Waals surface area contributed by atoms with Gasteiger partial charge in [-0.15, -0.1) is 0 Å². The molecule has 1 heterocycles. The second-order valence-electron chi connectivity index (χ2n) is 4.07. The number of benzene rings is 1. The van der Waals surface area contributed by atoms with Crippen LogP contribution in [0.2, 0.25) is 0 Å². The SMILES string of the molecule is O=C(O)c1cc(F)ccc1NC(=O)C1COCCN1. The fourth-order valence-electron chi connectivity index (χ4n) is 1.76. The van der Waals surface area contributed by atoms with Crippen molar-refractivity contribution in [2.45, 2.75) is 6.04 Å². The lowest BCUT2D eigenvalue weighted by Gasteiger charge is -2.23. The third-order valence-corrected chi connectivity index (χ3v) is 2.71. The van der Waals surface area contributed by atoms with Crippen molar-refractivity contribution in [2.75, 3.05) is 25.1 Å². The van der Waals surface area contributed by atoms with Crippen molar-refractivity contribution >= 4 is 17.6 Å². The van der Waals surface area contributed by atoms with Gasteiger partial charge in [-0.2, -0.15) is 0 Å². The average Bonchev–Trinajstić information content (AvgIpc) is 2.41. The highest BCUT2D eigenvalue weighted by Gasteiger charge is 2.22.